The number of rotatable bonds is 12. The summed E-state index contributed by atoms with van der Waals surface area (Å²) >= 11 is 6.06. The average molecular weight is 644 g/mol. The third-order valence-corrected chi connectivity index (χ3v) is 10.2. The van der Waals surface area contributed by atoms with Gasteiger partial charge in [0.25, 0.3) is 10.0 Å². The quantitative estimate of drug-likeness (QED) is 0.190. The molecule has 4 aromatic rings. The molecule has 5 rings (SSSR count). The van der Waals surface area contributed by atoms with Crippen LogP contribution in [-0.2, 0) is 32.6 Å². The van der Waals surface area contributed by atoms with Gasteiger partial charge >= 0.3 is 0 Å². The molecule has 1 aliphatic carbocycles. The van der Waals surface area contributed by atoms with E-state index in [4.69, 9.17) is 11.6 Å². The lowest BCUT2D eigenvalue weighted by Crippen LogP contribution is -2.54. The summed E-state index contributed by atoms with van der Waals surface area (Å²) in [6, 6.07) is 31.0. The molecule has 1 atom stereocenters. The van der Waals surface area contributed by atoms with E-state index in [-0.39, 0.29) is 29.8 Å². The van der Waals surface area contributed by atoms with Crippen molar-refractivity contribution in [3.8, 4) is 0 Å². The van der Waals surface area contributed by atoms with Crippen molar-refractivity contribution in [3.63, 3.8) is 0 Å². The number of hydrogen-bond donors (Lipinski definition) is 1. The maximum atomic E-state index is 14.5. The largest absolute Gasteiger partial charge is 0.352 e. The molecule has 0 heterocycles. The van der Waals surface area contributed by atoms with E-state index in [0.717, 1.165) is 46.7 Å². The van der Waals surface area contributed by atoms with Gasteiger partial charge in [0, 0.05) is 24.0 Å². The second-order valence-electron chi connectivity index (χ2n) is 11.5. The van der Waals surface area contributed by atoms with Crippen molar-refractivity contribution in [2.75, 3.05) is 10.8 Å². The van der Waals surface area contributed by atoms with Crippen molar-refractivity contribution in [2.24, 2.45) is 0 Å². The number of benzene rings is 4. The Bertz CT molecular complexity index is 1680. The minimum Gasteiger partial charge on any atom is -0.352 e. The van der Waals surface area contributed by atoms with Crippen LogP contribution in [0.3, 0.4) is 0 Å². The number of amides is 2. The van der Waals surface area contributed by atoms with Crippen molar-refractivity contribution in [1.29, 1.82) is 0 Å². The van der Waals surface area contributed by atoms with Gasteiger partial charge in [-0.25, -0.2) is 8.42 Å². The van der Waals surface area contributed by atoms with E-state index in [0.29, 0.717) is 10.7 Å². The summed E-state index contributed by atoms with van der Waals surface area (Å²) in [4.78, 5) is 30.1. The molecule has 0 radical (unpaired) electrons. The van der Waals surface area contributed by atoms with Crippen LogP contribution in [0.2, 0.25) is 5.02 Å². The molecule has 7 nitrogen and oxygen atoms in total. The zero-order valence-corrected chi connectivity index (χ0v) is 26.9. The van der Waals surface area contributed by atoms with E-state index in [1.165, 1.54) is 29.2 Å². The highest BCUT2D eigenvalue weighted by molar-refractivity contribution is 7.92. The zero-order valence-electron chi connectivity index (χ0n) is 25.3. The van der Waals surface area contributed by atoms with Crippen LogP contribution in [0.4, 0.5) is 5.69 Å². The smallest absolute Gasteiger partial charge is 0.264 e. The molecule has 234 valence electrons. The Hall–Kier alpha value is -4.14. The van der Waals surface area contributed by atoms with Gasteiger partial charge in [-0.2, -0.15) is 0 Å². The average Bonchev–Trinajstić information content (AvgIpc) is 3.56. The Balaban J connectivity index is 1.54. The van der Waals surface area contributed by atoms with Crippen LogP contribution < -0.4 is 9.62 Å². The third-order valence-electron chi connectivity index (χ3n) is 8.17. The second-order valence-corrected chi connectivity index (χ2v) is 13.8. The number of anilines is 1. The lowest BCUT2D eigenvalue weighted by atomic mass is 10.0. The fraction of sp³-hybridized carbons (Fsp3) is 0.278. The second kappa shape index (κ2) is 14.8. The molecule has 0 aliphatic heterocycles. The van der Waals surface area contributed by atoms with Gasteiger partial charge in [0.1, 0.15) is 12.6 Å². The summed E-state index contributed by atoms with van der Waals surface area (Å²) in [5, 5.41) is 3.60. The first-order valence-electron chi connectivity index (χ1n) is 15.2. The molecule has 1 aliphatic rings. The first-order chi connectivity index (χ1) is 21.7. The van der Waals surface area contributed by atoms with E-state index in [9.17, 15) is 18.0 Å². The Labute approximate surface area is 270 Å². The highest BCUT2D eigenvalue weighted by atomic mass is 35.5. The van der Waals surface area contributed by atoms with Gasteiger partial charge in [0.15, 0.2) is 0 Å². The SMILES string of the molecule is Cc1ccc(CN(C(=O)CN(c2ccccc2)S(=O)(=O)c2ccc(Cl)cc2)[C@H](Cc2ccccc2)C(=O)NC2CCCC2)cc1. The predicted molar refractivity (Wildman–Crippen MR) is 178 cm³/mol. The van der Waals surface area contributed by atoms with Crippen LogP contribution >= 0.6 is 11.6 Å². The van der Waals surface area contributed by atoms with Crippen LogP contribution in [0.25, 0.3) is 0 Å². The van der Waals surface area contributed by atoms with Crippen molar-refractivity contribution >= 4 is 39.1 Å². The van der Waals surface area contributed by atoms with Crippen molar-refractivity contribution < 1.29 is 18.0 Å². The summed E-state index contributed by atoms with van der Waals surface area (Å²) in [6.07, 6.45) is 4.18. The standard InChI is InChI=1S/C36H38ClN3O4S/c1-27-16-18-29(19-17-27)25-39(34(24-28-10-4-2-5-11-28)36(42)38-31-12-8-9-13-31)35(41)26-40(32-14-6-3-7-15-32)45(43,44)33-22-20-30(37)21-23-33/h2-7,10-11,14-23,31,34H,8-9,12-13,24-26H2,1H3,(H,38,42)/t34-/m1/s1. The number of para-hydroxylation sites is 1. The van der Waals surface area contributed by atoms with Gasteiger partial charge in [-0.1, -0.05) is 103 Å². The number of aryl methyl sites for hydroxylation is 1. The minimum atomic E-state index is -4.17. The summed E-state index contributed by atoms with van der Waals surface area (Å²) in [7, 11) is -4.17. The molecule has 4 aromatic carbocycles. The predicted octanol–water partition coefficient (Wildman–Crippen LogP) is 6.54. The van der Waals surface area contributed by atoms with Gasteiger partial charge in [-0.05, 0) is 67.3 Å². The number of hydrogen-bond acceptors (Lipinski definition) is 4. The molecular formula is C36H38ClN3O4S. The summed E-state index contributed by atoms with van der Waals surface area (Å²) < 4.78 is 29.2. The molecule has 2 amide bonds. The maximum Gasteiger partial charge on any atom is 0.264 e. The molecule has 45 heavy (non-hydrogen) atoms. The van der Waals surface area contributed by atoms with Gasteiger partial charge in [-0.15, -0.1) is 0 Å². The Morgan fingerprint density at radius 3 is 2.04 bits per heavy atom. The lowest BCUT2D eigenvalue weighted by Gasteiger charge is -2.34. The summed E-state index contributed by atoms with van der Waals surface area (Å²) in [5.41, 5.74) is 3.15. The van der Waals surface area contributed by atoms with Crippen LogP contribution in [0, 0.1) is 6.92 Å². The Morgan fingerprint density at radius 1 is 0.822 bits per heavy atom. The monoisotopic (exact) mass is 643 g/mol. The van der Waals surface area contributed by atoms with Gasteiger partial charge in [-0.3, -0.25) is 13.9 Å². The Morgan fingerprint density at radius 2 is 1.42 bits per heavy atom. The van der Waals surface area contributed by atoms with E-state index in [1.807, 2.05) is 61.5 Å². The molecule has 0 saturated heterocycles. The van der Waals surface area contributed by atoms with E-state index in [1.54, 1.807) is 30.3 Å². The molecule has 0 spiro atoms. The number of nitrogens with one attached hydrogen (secondary N) is 1. The number of sulfonamides is 1. The zero-order chi connectivity index (χ0) is 31.8. The molecule has 9 heteroatoms. The van der Waals surface area contributed by atoms with Crippen molar-refractivity contribution in [3.05, 3.63) is 131 Å². The van der Waals surface area contributed by atoms with E-state index < -0.39 is 28.5 Å². The lowest BCUT2D eigenvalue weighted by molar-refractivity contribution is -0.140. The fourth-order valence-electron chi connectivity index (χ4n) is 5.67. The van der Waals surface area contributed by atoms with Crippen LogP contribution in [0.1, 0.15) is 42.4 Å². The molecule has 1 fully saturated rings. The fourth-order valence-corrected chi connectivity index (χ4v) is 7.21. The van der Waals surface area contributed by atoms with Gasteiger partial charge in [0.05, 0.1) is 10.6 Å². The number of halogens is 1. The van der Waals surface area contributed by atoms with E-state index >= 15 is 0 Å². The minimum absolute atomic E-state index is 0.00782. The normalized spacial score (nSPS) is 14.1. The highest BCUT2D eigenvalue weighted by Gasteiger charge is 2.35. The first kappa shape index (κ1) is 32.3. The molecule has 1 N–H and O–H groups in total. The third kappa shape index (κ3) is 8.32. The van der Waals surface area contributed by atoms with Crippen LogP contribution in [0.15, 0.2) is 114 Å². The van der Waals surface area contributed by atoms with Crippen molar-refractivity contribution in [1.82, 2.24) is 10.2 Å². The number of carbonyl (C=O) groups is 2. The number of nitrogens with zero attached hydrogens (tertiary/aromatic N) is 2. The molecule has 0 bridgehead atoms. The van der Waals surface area contributed by atoms with Gasteiger partial charge in [0.2, 0.25) is 11.8 Å². The molecule has 0 aromatic heterocycles. The molecule has 0 unspecified atom stereocenters. The molecule has 1 saturated carbocycles. The first-order valence-corrected chi connectivity index (χ1v) is 17.1. The summed E-state index contributed by atoms with van der Waals surface area (Å²) in [6.45, 7) is 1.63. The van der Waals surface area contributed by atoms with Crippen molar-refractivity contribution in [2.45, 2.75) is 62.6 Å². The van der Waals surface area contributed by atoms with Gasteiger partial charge < -0.3 is 10.2 Å². The van der Waals surface area contributed by atoms with E-state index in [2.05, 4.69) is 5.32 Å². The topological polar surface area (TPSA) is 86.8 Å². The maximum absolute atomic E-state index is 14.5. The van der Waals surface area contributed by atoms with Crippen LogP contribution in [0.5, 0.6) is 0 Å². The summed E-state index contributed by atoms with van der Waals surface area (Å²) in [5.74, 6) is -0.725. The number of carbonyl (C=O) groups excluding carboxylic acids is 2. The molecular weight excluding hydrogens is 606 g/mol. The van der Waals surface area contributed by atoms with Crippen LogP contribution in [-0.4, -0.2) is 43.8 Å². The Kier molecular flexibility index (Phi) is 10.6. The highest BCUT2D eigenvalue weighted by Crippen LogP contribution is 2.26.